The van der Waals surface area contributed by atoms with Crippen LogP contribution in [0.4, 0.5) is 11.8 Å². The first-order valence-electron chi connectivity index (χ1n) is 14.9. The van der Waals surface area contributed by atoms with Gasteiger partial charge in [-0.15, -0.1) is 11.3 Å². The SMILES string of the molecule is Cc1nc(NCCOCC2CCCC2)nc(NC2C[C@H](CS(C)(=O)=O)[C@@H](O)[C@H]2O)c1-c1nc2c(C3CC3)nccc2s1. The predicted molar refractivity (Wildman–Crippen MR) is 164 cm³/mol. The molecule has 4 N–H and O–H groups in total. The van der Waals surface area contributed by atoms with Gasteiger partial charge in [0, 0.05) is 37.4 Å². The minimum absolute atomic E-state index is 0.193. The van der Waals surface area contributed by atoms with Gasteiger partial charge in [0.2, 0.25) is 5.95 Å². The number of nitrogens with zero attached hydrogens (tertiary/aromatic N) is 4. The first-order valence-corrected chi connectivity index (χ1v) is 17.8. The molecule has 3 aromatic heterocycles. The van der Waals surface area contributed by atoms with Gasteiger partial charge in [0.15, 0.2) is 0 Å². The van der Waals surface area contributed by atoms with Crippen LogP contribution in [0.2, 0.25) is 0 Å². The Morgan fingerprint density at radius 2 is 1.88 bits per heavy atom. The van der Waals surface area contributed by atoms with Crippen molar-refractivity contribution in [2.45, 2.75) is 76.0 Å². The Balaban J connectivity index is 1.26. The van der Waals surface area contributed by atoms with Gasteiger partial charge in [0.05, 0.1) is 46.2 Å². The van der Waals surface area contributed by atoms with E-state index in [4.69, 9.17) is 19.7 Å². The summed E-state index contributed by atoms with van der Waals surface area (Å²) in [7, 11) is -3.33. The van der Waals surface area contributed by atoms with E-state index in [1.165, 1.54) is 25.7 Å². The van der Waals surface area contributed by atoms with E-state index in [2.05, 4.69) is 15.6 Å². The Bertz CT molecular complexity index is 1520. The Morgan fingerprint density at radius 3 is 2.62 bits per heavy atom. The molecule has 228 valence electrons. The summed E-state index contributed by atoms with van der Waals surface area (Å²) < 4.78 is 30.8. The van der Waals surface area contributed by atoms with Gasteiger partial charge >= 0.3 is 0 Å². The summed E-state index contributed by atoms with van der Waals surface area (Å²) in [5.74, 6) is 1.23. The highest BCUT2D eigenvalue weighted by atomic mass is 32.2. The molecule has 0 aliphatic heterocycles. The van der Waals surface area contributed by atoms with E-state index < -0.39 is 34.0 Å². The van der Waals surface area contributed by atoms with E-state index in [9.17, 15) is 18.6 Å². The molecule has 42 heavy (non-hydrogen) atoms. The summed E-state index contributed by atoms with van der Waals surface area (Å²) in [5.41, 5.74) is 3.35. The lowest BCUT2D eigenvalue weighted by Crippen LogP contribution is -2.36. The van der Waals surface area contributed by atoms with Crippen LogP contribution in [0.25, 0.3) is 20.8 Å². The van der Waals surface area contributed by atoms with Gasteiger partial charge in [0.1, 0.15) is 32.3 Å². The summed E-state index contributed by atoms with van der Waals surface area (Å²) in [6.45, 7) is 3.77. The molecule has 3 aliphatic carbocycles. The number of aromatic nitrogens is 4. The van der Waals surface area contributed by atoms with Gasteiger partial charge in [-0.05, 0) is 51.0 Å². The number of aliphatic hydroxyl groups is 2. The fourth-order valence-corrected chi connectivity index (χ4v) is 8.49. The van der Waals surface area contributed by atoms with E-state index in [1.807, 2.05) is 19.2 Å². The highest BCUT2D eigenvalue weighted by Gasteiger charge is 2.43. The van der Waals surface area contributed by atoms with E-state index in [1.54, 1.807) is 11.3 Å². The van der Waals surface area contributed by atoms with Crippen LogP contribution in [0.15, 0.2) is 12.3 Å². The van der Waals surface area contributed by atoms with Gasteiger partial charge in [-0.3, -0.25) is 4.98 Å². The molecular formula is C29H40N6O5S2. The molecule has 3 aliphatic rings. The summed E-state index contributed by atoms with van der Waals surface area (Å²) >= 11 is 1.55. The molecule has 1 unspecified atom stereocenters. The largest absolute Gasteiger partial charge is 0.390 e. The number of nitrogens with one attached hydrogen (secondary N) is 2. The molecule has 3 saturated carbocycles. The number of rotatable bonds is 12. The van der Waals surface area contributed by atoms with Crippen molar-refractivity contribution < 1.29 is 23.4 Å². The maximum Gasteiger partial charge on any atom is 0.224 e. The first kappa shape index (κ1) is 29.6. The molecule has 0 saturated heterocycles. The van der Waals surface area contributed by atoms with Crippen LogP contribution in [-0.4, -0.2) is 88.6 Å². The monoisotopic (exact) mass is 616 g/mol. The molecule has 4 atom stereocenters. The van der Waals surface area contributed by atoms with Crippen molar-refractivity contribution in [3.8, 4) is 10.6 Å². The minimum Gasteiger partial charge on any atom is -0.390 e. The lowest BCUT2D eigenvalue weighted by atomic mass is 10.1. The lowest BCUT2D eigenvalue weighted by molar-refractivity contribution is 0.0216. The zero-order chi connectivity index (χ0) is 29.4. The normalized spacial score (nSPS) is 25.0. The average Bonchev–Trinajstić information content (AvgIpc) is 3.36. The van der Waals surface area contributed by atoms with Gasteiger partial charge in [-0.2, -0.15) is 4.98 Å². The summed E-state index contributed by atoms with van der Waals surface area (Å²) in [6.07, 6.45) is 8.25. The number of thiazole rings is 1. The minimum atomic E-state index is -3.33. The summed E-state index contributed by atoms with van der Waals surface area (Å²) in [4.78, 5) is 19.1. The van der Waals surface area contributed by atoms with Crippen LogP contribution < -0.4 is 10.6 Å². The third-order valence-corrected chi connectivity index (χ3v) is 10.7. The van der Waals surface area contributed by atoms with Crippen molar-refractivity contribution in [2.24, 2.45) is 11.8 Å². The molecule has 0 amide bonds. The van der Waals surface area contributed by atoms with Crippen molar-refractivity contribution in [2.75, 3.05) is 42.4 Å². The standard InChI is InChI=1S/C29H40N6O5S2/c1-16-22(28-34-24-21(41-28)9-10-30-23(24)18-7-8-18)27(33-20-13-19(15-42(2,38)39)25(36)26(20)37)35-29(32-16)31-11-12-40-14-17-5-3-4-6-17/h9-10,17-20,25-26,36-37H,3-8,11-15H2,1-2H3,(H2,31,32,33,35)/t19-,20?,25-,26+/m1/s1. The number of anilines is 2. The van der Waals surface area contributed by atoms with E-state index in [0.717, 1.165) is 46.6 Å². The van der Waals surface area contributed by atoms with Crippen LogP contribution in [0.3, 0.4) is 0 Å². The van der Waals surface area contributed by atoms with Crippen molar-refractivity contribution in [3.63, 3.8) is 0 Å². The Hall–Kier alpha value is -2.45. The number of sulfone groups is 1. The van der Waals surface area contributed by atoms with Crippen molar-refractivity contribution in [1.82, 2.24) is 19.9 Å². The molecule has 6 rings (SSSR count). The highest BCUT2D eigenvalue weighted by molar-refractivity contribution is 7.90. The number of aryl methyl sites for hydroxylation is 1. The van der Waals surface area contributed by atoms with Gasteiger partial charge in [-0.25, -0.2) is 18.4 Å². The number of pyridine rings is 1. The van der Waals surface area contributed by atoms with Crippen molar-refractivity contribution in [3.05, 3.63) is 23.7 Å². The number of hydrogen-bond donors (Lipinski definition) is 4. The zero-order valence-corrected chi connectivity index (χ0v) is 25.8. The van der Waals surface area contributed by atoms with E-state index in [-0.39, 0.29) is 12.2 Å². The Labute approximate surface area is 250 Å². The molecule has 0 spiro atoms. The molecule has 11 nitrogen and oxygen atoms in total. The number of hydrogen-bond acceptors (Lipinski definition) is 12. The average molecular weight is 617 g/mol. The quantitative estimate of drug-likeness (QED) is 0.221. The topological polar surface area (TPSA) is 159 Å². The molecule has 0 bridgehead atoms. The van der Waals surface area contributed by atoms with Crippen molar-refractivity contribution in [1.29, 1.82) is 0 Å². The predicted octanol–water partition coefficient (Wildman–Crippen LogP) is 3.52. The van der Waals surface area contributed by atoms with Gasteiger partial charge < -0.3 is 25.6 Å². The maximum absolute atomic E-state index is 12.0. The molecule has 3 aromatic rings. The van der Waals surface area contributed by atoms with Crippen LogP contribution in [0.1, 0.15) is 62.3 Å². The van der Waals surface area contributed by atoms with Crippen LogP contribution in [-0.2, 0) is 14.6 Å². The van der Waals surface area contributed by atoms with E-state index in [0.29, 0.717) is 48.0 Å². The second-order valence-electron chi connectivity index (χ2n) is 12.2. The first-order chi connectivity index (χ1) is 20.2. The third-order valence-electron chi connectivity index (χ3n) is 8.60. The second kappa shape index (κ2) is 12.3. The van der Waals surface area contributed by atoms with Crippen LogP contribution in [0, 0.1) is 18.8 Å². The fraction of sp³-hybridized carbons (Fsp3) is 0.655. The molecule has 3 heterocycles. The molecule has 13 heteroatoms. The molecular weight excluding hydrogens is 576 g/mol. The van der Waals surface area contributed by atoms with Gasteiger partial charge in [-0.1, -0.05) is 12.8 Å². The molecule has 3 fully saturated rings. The molecule has 0 radical (unpaired) electrons. The fourth-order valence-electron chi connectivity index (χ4n) is 6.31. The maximum atomic E-state index is 12.0. The number of fused-ring (bicyclic) bond motifs is 1. The number of aliphatic hydroxyl groups excluding tert-OH is 2. The number of ether oxygens (including phenoxy) is 1. The van der Waals surface area contributed by atoms with Crippen LogP contribution >= 0.6 is 11.3 Å². The zero-order valence-electron chi connectivity index (χ0n) is 24.1. The lowest BCUT2D eigenvalue weighted by Gasteiger charge is -2.21. The highest BCUT2D eigenvalue weighted by Crippen LogP contribution is 2.44. The third kappa shape index (κ3) is 6.70. The van der Waals surface area contributed by atoms with Crippen LogP contribution in [0.5, 0.6) is 0 Å². The summed E-state index contributed by atoms with van der Waals surface area (Å²) in [5, 5.41) is 28.9. The Morgan fingerprint density at radius 1 is 1.10 bits per heavy atom. The van der Waals surface area contributed by atoms with Crippen molar-refractivity contribution >= 4 is 43.2 Å². The summed E-state index contributed by atoms with van der Waals surface area (Å²) in [6, 6.07) is 1.38. The second-order valence-corrected chi connectivity index (χ2v) is 15.4. The smallest absolute Gasteiger partial charge is 0.224 e. The van der Waals surface area contributed by atoms with Gasteiger partial charge in [0.25, 0.3) is 0 Å². The molecule has 0 aromatic carbocycles. The van der Waals surface area contributed by atoms with E-state index >= 15 is 0 Å². The Kier molecular flexibility index (Phi) is 8.65.